The molecule has 4 nitrogen and oxygen atoms in total. The molecule has 5 heteroatoms. The van der Waals surface area contributed by atoms with Gasteiger partial charge in [-0.25, -0.2) is 9.97 Å². The Kier molecular flexibility index (Phi) is 3.43. The average molecular weight is 275 g/mol. The Labute approximate surface area is 116 Å². The van der Waals surface area contributed by atoms with E-state index in [-0.39, 0.29) is 6.61 Å². The normalized spacial score (nSPS) is 26.9. The van der Waals surface area contributed by atoms with Gasteiger partial charge in [-0.3, -0.25) is 0 Å². The molecule has 1 aliphatic carbocycles. The first-order chi connectivity index (χ1) is 9.20. The number of aromatic nitrogens is 2. The Morgan fingerprint density at radius 3 is 3.00 bits per heavy atom. The minimum Gasteiger partial charge on any atom is -0.394 e. The molecule has 1 aromatic heterocycles. The fourth-order valence-corrected chi connectivity index (χ4v) is 3.96. The maximum Gasteiger partial charge on any atom is 0.117 e. The van der Waals surface area contributed by atoms with Crippen LogP contribution in [0, 0.1) is 0 Å². The minimum atomic E-state index is -0.402. The molecule has 1 fully saturated rings. The Hall–Kier alpha value is -1.17. The zero-order valence-electron chi connectivity index (χ0n) is 10.6. The van der Waals surface area contributed by atoms with Gasteiger partial charge in [-0.15, -0.1) is 11.8 Å². The largest absolute Gasteiger partial charge is 0.394 e. The number of fused-ring (bicyclic) bond motifs is 1. The SMILES string of the molecule is NC1(CO)CCC(Sc2ncnc3ccccc23)C1. The number of para-hydroxylation sites is 1. The summed E-state index contributed by atoms with van der Waals surface area (Å²) < 4.78 is 0. The summed E-state index contributed by atoms with van der Waals surface area (Å²) in [7, 11) is 0. The van der Waals surface area contributed by atoms with Gasteiger partial charge in [0.25, 0.3) is 0 Å². The highest BCUT2D eigenvalue weighted by Crippen LogP contribution is 2.39. The van der Waals surface area contributed by atoms with Crippen molar-refractivity contribution in [2.45, 2.75) is 35.1 Å². The van der Waals surface area contributed by atoms with Gasteiger partial charge in [0.15, 0.2) is 0 Å². The number of hydrogen-bond acceptors (Lipinski definition) is 5. The van der Waals surface area contributed by atoms with E-state index in [1.807, 2.05) is 24.3 Å². The zero-order chi connectivity index (χ0) is 13.3. The van der Waals surface area contributed by atoms with Gasteiger partial charge < -0.3 is 10.8 Å². The molecule has 3 rings (SSSR count). The fraction of sp³-hybridized carbons (Fsp3) is 0.429. The highest BCUT2D eigenvalue weighted by molar-refractivity contribution is 8.00. The summed E-state index contributed by atoms with van der Waals surface area (Å²) in [4.78, 5) is 8.66. The Balaban J connectivity index is 1.83. The van der Waals surface area contributed by atoms with Crippen LogP contribution < -0.4 is 5.73 Å². The van der Waals surface area contributed by atoms with Crippen molar-refractivity contribution in [3.05, 3.63) is 30.6 Å². The molecule has 0 radical (unpaired) electrons. The molecular formula is C14H17N3OS. The van der Waals surface area contributed by atoms with E-state index < -0.39 is 5.54 Å². The summed E-state index contributed by atoms with van der Waals surface area (Å²) in [6.45, 7) is 0.0641. The second kappa shape index (κ2) is 5.07. The monoisotopic (exact) mass is 275 g/mol. The van der Waals surface area contributed by atoms with Gasteiger partial charge in [0.1, 0.15) is 11.4 Å². The molecule has 0 aliphatic heterocycles. The van der Waals surface area contributed by atoms with Gasteiger partial charge in [-0.2, -0.15) is 0 Å². The second-order valence-electron chi connectivity index (χ2n) is 5.20. The van der Waals surface area contributed by atoms with Gasteiger partial charge in [-0.05, 0) is 25.3 Å². The molecule has 19 heavy (non-hydrogen) atoms. The van der Waals surface area contributed by atoms with Gasteiger partial charge in [0.05, 0.1) is 12.1 Å². The van der Waals surface area contributed by atoms with E-state index in [0.717, 1.165) is 35.2 Å². The number of hydrogen-bond donors (Lipinski definition) is 2. The second-order valence-corrected chi connectivity index (χ2v) is 6.49. The lowest BCUT2D eigenvalue weighted by molar-refractivity contribution is 0.200. The number of nitrogens with two attached hydrogens (primary N) is 1. The third-order valence-corrected chi connectivity index (χ3v) is 4.98. The summed E-state index contributed by atoms with van der Waals surface area (Å²) in [6, 6.07) is 8.03. The quantitative estimate of drug-likeness (QED) is 0.838. The molecule has 2 aromatic rings. The van der Waals surface area contributed by atoms with Crippen LogP contribution in [0.25, 0.3) is 10.9 Å². The van der Waals surface area contributed by atoms with Crippen LogP contribution in [0.2, 0.25) is 0 Å². The summed E-state index contributed by atoms with van der Waals surface area (Å²) >= 11 is 1.76. The lowest BCUT2D eigenvalue weighted by Gasteiger charge is -2.20. The molecule has 2 atom stereocenters. The maximum absolute atomic E-state index is 9.32. The number of aliphatic hydroxyl groups excluding tert-OH is 1. The molecule has 1 aromatic carbocycles. The van der Waals surface area contributed by atoms with Crippen LogP contribution in [0.1, 0.15) is 19.3 Å². The lowest BCUT2D eigenvalue weighted by Crippen LogP contribution is -2.40. The van der Waals surface area contributed by atoms with Gasteiger partial charge in [0, 0.05) is 16.2 Å². The number of nitrogens with zero attached hydrogens (tertiary/aromatic N) is 2. The molecular weight excluding hydrogens is 258 g/mol. The van der Waals surface area contributed by atoms with Gasteiger partial charge in [-0.1, -0.05) is 18.2 Å². The minimum absolute atomic E-state index is 0.0641. The Bertz CT molecular complexity index is 586. The van der Waals surface area contributed by atoms with E-state index in [9.17, 15) is 5.11 Å². The molecule has 1 saturated carbocycles. The summed E-state index contributed by atoms with van der Waals surface area (Å²) in [5.74, 6) is 0. The van der Waals surface area contributed by atoms with Crippen molar-refractivity contribution >= 4 is 22.7 Å². The molecule has 1 aliphatic rings. The third kappa shape index (κ3) is 2.59. The van der Waals surface area contributed by atoms with Crippen LogP contribution in [0.4, 0.5) is 0 Å². The van der Waals surface area contributed by atoms with E-state index in [0.29, 0.717) is 5.25 Å². The molecule has 2 unspecified atom stereocenters. The van der Waals surface area contributed by atoms with Crippen molar-refractivity contribution in [2.24, 2.45) is 5.73 Å². The van der Waals surface area contributed by atoms with Crippen molar-refractivity contribution in [1.29, 1.82) is 0 Å². The summed E-state index contributed by atoms with van der Waals surface area (Å²) in [5.41, 5.74) is 6.69. The van der Waals surface area contributed by atoms with Gasteiger partial charge >= 0.3 is 0 Å². The predicted octanol–water partition coefficient (Wildman–Crippen LogP) is 1.96. The molecule has 0 spiro atoms. The summed E-state index contributed by atoms with van der Waals surface area (Å²) in [5, 5.41) is 11.9. The zero-order valence-corrected chi connectivity index (χ0v) is 11.4. The topological polar surface area (TPSA) is 72.0 Å². The van der Waals surface area contributed by atoms with Crippen LogP contribution in [0.3, 0.4) is 0 Å². The predicted molar refractivity (Wildman–Crippen MR) is 77.0 cm³/mol. The van der Waals surface area contributed by atoms with Crippen molar-refractivity contribution in [3.8, 4) is 0 Å². The number of benzene rings is 1. The number of rotatable bonds is 3. The lowest BCUT2D eigenvalue weighted by atomic mass is 10.0. The average Bonchev–Trinajstić information content (AvgIpc) is 2.82. The maximum atomic E-state index is 9.32. The smallest absolute Gasteiger partial charge is 0.117 e. The first-order valence-corrected chi connectivity index (χ1v) is 7.34. The standard InChI is InChI=1S/C14H17N3OS/c15-14(8-18)6-5-10(7-14)19-13-11-3-1-2-4-12(11)16-9-17-13/h1-4,9-10,18H,5-8,15H2. The molecule has 0 saturated heterocycles. The summed E-state index contributed by atoms with van der Waals surface area (Å²) in [6.07, 6.45) is 4.36. The third-order valence-electron chi connectivity index (χ3n) is 3.70. The van der Waals surface area contributed by atoms with Crippen molar-refractivity contribution in [1.82, 2.24) is 9.97 Å². The fourth-order valence-electron chi connectivity index (χ4n) is 2.58. The Morgan fingerprint density at radius 1 is 1.37 bits per heavy atom. The first kappa shape index (κ1) is 12.8. The highest BCUT2D eigenvalue weighted by Gasteiger charge is 2.35. The Morgan fingerprint density at radius 2 is 2.21 bits per heavy atom. The van der Waals surface area contributed by atoms with Crippen LogP contribution in [-0.2, 0) is 0 Å². The van der Waals surface area contributed by atoms with Crippen LogP contribution in [0.15, 0.2) is 35.6 Å². The van der Waals surface area contributed by atoms with Crippen LogP contribution in [0.5, 0.6) is 0 Å². The molecule has 0 amide bonds. The number of thioether (sulfide) groups is 1. The van der Waals surface area contributed by atoms with E-state index in [1.54, 1.807) is 18.1 Å². The molecule has 100 valence electrons. The van der Waals surface area contributed by atoms with Crippen molar-refractivity contribution < 1.29 is 5.11 Å². The van der Waals surface area contributed by atoms with Gasteiger partial charge in [0.2, 0.25) is 0 Å². The highest BCUT2D eigenvalue weighted by atomic mass is 32.2. The molecule has 0 bridgehead atoms. The van der Waals surface area contributed by atoms with E-state index in [4.69, 9.17) is 5.73 Å². The van der Waals surface area contributed by atoms with Crippen LogP contribution >= 0.6 is 11.8 Å². The molecule has 1 heterocycles. The van der Waals surface area contributed by atoms with E-state index in [2.05, 4.69) is 9.97 Å². The van der Waals surface area contributed by atoms with E-state index in [1.165, 1.54) is 0 Å². The van der Waals surface area contributed by atoms with Crippen molar-refractivity contribution in [2.75, 3.05) is 6.61 Å². The van der Waals surface area contributed by atoms with Crippen LogP contribution in [-0.4, -0.2) is 32.5 Å². The van der Waals surface area contributed by atoms with E-state index >= 15 is 0 Å². The molecule has 3 N–H and O–H groups in total. The van der Waals surface area contributed by atoms with Crippen molar-refractivity contribution in [3.63, 3.8) is 0 Å². The first-order valence-electron chi connectivity index (χ1n) is 6.46. The number of aliphatic hydroxyl groups is 1.